The van der Waals surface area contributed by atoms with Crippen LogP contribution in [0.1, 0.15) is 24.8 Å². The van der Waals surface area contributed by atoms with Crippen LogP contribution in [0.5, 0.6) is 0 Å². The number of hydrogen-bond donors (Lipinski definition) is 2. The molecular formula is C19H32IN5O. The van der Waals surface area contributed by atoms with Crippen LogP contribution >= 0.6 is 24.0 Å². The number of likely N-dealkylation sites (tertiary alicyclic amines) is 1. The minimum atomic E-state index is 0. The molecule has 26 heavy (non-hydrogen) atoms. The van der Waals surface area contributed by atoms with Crippen molar-refractivity contribution in [1.82, 2.24) is 20.4 Å². The number of hydrogen-bond acceptors (Lipinski definition) is 3. The minimum absolute atomic E-state index is 0. The van der Waals surface area contributed by atoms with Gasteiger partial charge in [-0.05, 0) is 31.5 Å². The SMILES string of the molecule is CN(C)C(=O)CNC(=NCc1ccccc1)NCCN1CCCCC1.I. The molecule has 1 heterocycles. The topological polar surface area (TPSA) is 60.0 Å². The van der Waals surface area contributed by atoms with E-state index in [1.54, 1.807) is 19.0 Å². The van der Waals surface area contributed by atoms with Crippen molar-refractivity contribution < 1.29 is 4.79 Å². The highest BCUT2D eigenvalue weighted by molar-refractivity contribution is 14.0. The van der Waals surface area contributed by atoms with Gasteiger partial charge in [0.2, 0.25) is 5.91 Å². The summed E-state index contributed by atoms with van der Waals surface area (Å²) in [6.07, 6.45) is 3.94. The van der Waals surface area contributed by atoms with Crippen molar-refractivity contribution in [2.24, 2.45) is 4.99 Å². The third-order valence-corrected chi connectivity index (χ3v) is 4.34. The zero-order valence-electron chi connectivity index (χ0n) is 15.9. The minimum Gasteiger partial charge on any atom is -0.355 e. The number of aliphatic imine (C=N–C) groups is 1. The number of piperidine rings is 1. The Labute approximate surface area is 174 Å². The lowest BCUT2D eigenvalue weighted by molar-refractivity contribution is -0.127. The van der Waals surface area contributed by atoms with Gasteiger partial charge >= 0.3 is 0 Å². The molecule has 1 aliphatic rings. The van der Waals surface area contributed by atoms with Crippen molar-refractivity contribution in [2.45, 2.75) is 25.8 Å². The molecule has 7 heteroatoms. The van der Waals surface area contributed by atoms with Crippen LogP contribution in [0.4, 0.5) is 0 Å². The van der Waals surface area contributed by atoms with Crippen molar-refractivity contribution in [3.63, 3.8) is 0 Å². The summed E-state index contributed by atoms with van der Waals surface area (Å²) in [6, 6.07) is 10.1. The van der Waals surface area contributed by atoms with Gasteiger partial charge in [-0.3, -0.25) is 4.79 Å². The summed E-state index contributed by atoms with van der Waals surface area (Å²) in [5, 5.41) is 6.50. The van der Waals surface area contributed by atoms with E-state index in [9.17, 15) is 4.79 Å². The molecule has 0 bridgehead atoms. The highest BCUT2D eigenvalue weighted by Gasteiger charge is 2.10. The standard InChI is InChI=1S/C19H31N5O.HI/c1-23(2)18(25)16-22-19(21-15-17-9-5-3-6-10-17)20-11-14-24-12-7-4-8-13-24;/h3,5-6,9-10H,4,7-8,11-16H2,1-2H3,(H2,20,21,22);1H. The molecule has 1 aliphatic heterocycles. The van der Waals surface area contributed by atoms with Crippen molar-refractivity contribution >= 4 is 35.8 Å². The summed E-state index contributed by atoms with van der Waals surface area (Å²) < 4.78 is 0. The second-order valence-electron chi connectivity index (χ2n) is 6.62. The maximum Gasteiger partial charge on any atom is 0.241 e. The molecule has 0 aliphatic carbocycles. The second kappa shape index (κ2) is 12.9. The van der Waals surface area contributed by atoms with Crippen LogP contribution in [0.25, 0.3) is 0 Å². The largest absolute Gasteiger partial charge is 0.355 e. The molecule has 6 nitrogen and oxygen atoms in total. The first-order valence-electron chi connectivity index (χ1n) is 9.14. The average Bonchev–Trinajstić information content (AvgIpc) is 2.64. The molecule has 1 aromatic rings. The Balaban J connectivity index is 0.00000338. The first-order valence-corrected chi connectivity index (χ1v) is 9.14. The molecular weight excluding hydrogens is 441 g/mol. The molecule has 1 fully saturated rings. The molecule has 0 saturated carbocycles. The van der Waals surface area contributed by atoms with Crippen LogP contribution in [0.15, 0.2) is 35.3 Å². The summed E-state index contributed by atoms with van der Waals surface area (Å²) in [6.45, 7) is 5.05. The Morgan fingerprint density at radius 2 is 1.81 bits per heavy atom. The molecule has 0 unspecified atom stereocenters. The number of nitrogens with one attached hydrogen (secondary N) is 2. The Morgan fingerprint density at radius 1 is 1.12 bits per heavy atom. The van der Waals surface area contributed by atoms with Crippen molar-refractivity contribution in [2.75, 3.05) is 46.8 Å². The van der Waals surface area contributed by atoms with Gasteiger partial charge in [-0.2, -0.15) is 0 Å². The highest BCUT2D eigenvalue weighted by Crippen LogP contribution is 2.07. The number of guanidine groups is 1. The van der Waals surface area contributed by atoms with Gasteiger partial charge in [-0.1, -0.05) is 36.8 Å². The summed E-state index contributed by atoms with van der Waals surface area (Å²) >= 11 is 0. The van der Waals surface area contributed by atoms with E-state index in [1.165, 1.54) is 32.4 Å². The van der Waals surface area contributed by atoms with Crippen molar-refractivity contribution in [3.05, 3.63) is 35.9 Å². The predicted molar refractivity (Wildman–Crippen MR) is 118 cm³/mol. The summed E-state index contributed by atoms with van der Waals surface area (Å²) in [5.41, 5.74) is 1.15. The lowest BCUT2D eigenvalue weighted by Crippen LogP contribution is -2.45. The monoisotopic (exact) mass is 473 g/mol. The molecule has 0 aromatic heterocycles. The van der Waals surface area contributed by atoms with Crippen LogP contribution in [0, 0.1) is 0 Å². The molecule has 0 spiro atoms. The van der Waals surface area contributed by atoms with Gasteiger partial charge in [0, 0.05) is 27.2 Å². The van der Waals surface area contributed by atoms with Gasteiger partial charge < -0.3 is 20.4 Å². The molecule has 2 rings (SSSR count). The maximum atomic E-state index is 11.8. The zero-order chi connectivity index (χ0) is 17.9. The lowest BCUT2D eigenvalue weighted by Gasteiger charge is -2.26. The van der Waals surface area contributed by atoms with E-state index >= 15 is 0 Å². The summed E-state index contributed by atoms with van der Waals surface area (Å²) in [7, 11) is 3.52. The number of amides is 1. The van der Waals surface area contributed by atoms with E-state index in [1.807, 2.05) is 18.2 Å². The fraction of sp³-hybridized carbons (Fsp3) is 0.579. The van der Waals surface area contributed by atoms with Gasteiger partial charge in [0.05, 0.1) is 13.1 Å². The third kappa shape index (κ3) is 8.84. The van der Waals surface area contributed by atoms with Gasteiger partial charge in [0.1, 0.15) is 0 Å². The molecule has 1 amide bonds. The first-order chi connectivity index (χ1) is 12.1. The van der Waals surface area contributed by atoms with E-state index in [0.717, 1.165) is 18.7 Å². The molecule has 0 atom stereocenters. The van der Waals surface area contributed by atoms with Crippen LogP contribution in [-0.2, 0) is 11.3 Å². The van der Waals surface area contributed by atoms with Gasteiger partial charge in [0.25, 0.3) is 0 Å². The van der Waals surface area contributed by atoms with E-state index in [4.69, 9.17) is 0 Å². The lowest BCUT2D eigenvalue weighted by atomic mass is 10.1. The maximum absolute atomic E-state index is 11.8. The van der Waals surface area contributed by atoms with Crippen LogP contribution in [0.3, 0.4) is 0 Å². The van der Waals surface area contributed by atoms with E-state index in [-0.39, 0.29) is 36.4 Å². The fourth-order valence-electron chi connectivity index (χ4n) is 2.76. The van der Waals surface area contributed by atoms with Crippen molar-refractivity contribution in [1.29, 1.82) is 0 Å². The molecule has 1 aromatic carbocycles. The molecule has 2 N–H and O–H groups in total. The average molecular weight is 473 g/mol. The number of carbonyl (C=O) groups is 1. The Bertz CT molecular complexity index is 544. The quantitative estimate of drug-likeness (QED) is 0.361. The van der Waals surface area contributed by atoms with E-state index in [0.29, 0.717) is 12.5 Å². The summed E-state index contributed by atoms with van der Waals surface area (Å²) in [5.74, 6) is 0.723. The Morgan fingerprint density at radius 3 is 2.46 bits per heavy atom. The van der Waals surface area contributed by atoms with Gasteiger partial charge in [-0.15, -0.1) is 24.0 Å². The molecule has 1 saturated heterocycles. The Kier molecular flexibility index (Phi) is 11.3. The predicted octanol–water partition coefficient (Wildman–Crippen LogP) is 1.91. The third-order valence-electron chi connectivity index (χ3n) is 4.34. The first kappa shape index (κ1) is 22.7. The van der Waals surface area contributed by atoms with Gasteiger partial charge in [-0.25, -0.2) is 4.99 Å². The number of halogens is 1. The van der Waals surface area contributed by atoms with Crippen molar-refractivity contribution in [3.8, 4) is 0 Å². The van der Waals surface area contributed by atoms with Gasteiger partial charge in [0.15, 0.2) is 5.96 Å². The number of nitrogens with zero attached hydrogens (tertiary/aromatic N) is 3. The van der Waals surface area contributed by atoms with Crippen LogP contribution in [0.2, 0.25) is 0 Å². The zero-order valence-corrected chi connectivity index (χ0v) is 18.2. The number of benzene rings is 1. The Hall–Kier alpha value is -1.35. The van der Waals surface area contributed by atoms with E-state index < -0.39 is 0 Å². The van der Waals surface area contributed by atoms with E-state index in [2.05, 4.69) is 32.7 Å². The molecule has 146 valence electrons. The second-order valence-corrected chi connectivity index (χ2v) is 6.62. The summed E-state index contributed by atoms with van der Waals surface area (Å²) in [4.78, 5) is 20.5. The highest BCUT2D eigenvalue weighted by atomic mass is 127. The fourth-order valence-corrected chi connectivity index (χ4v) is 2.76. The normalized spacial score (nSPS) is 15.1. The number of likely N-dealkylation sites (N-methyl/N-ethyl adjacent to an activating group) is 1. The van der Waals surface area contributed by atoms with Crippen LogP contribution in [-0.4, -0.2) is 68.5 Å². The number of rotatable bonds is 7. The molecule has 0 radical (unpaired) electrons. The number of carbonyl (C=O) groups excluding carboxylic acids is 1. The smallest absolute Gasteiger partial charge is 0.241 e. The van der Waals surface area contributed by atoms with Crippen LogP contribution < -0.4 is 10.6 Å².